The highest BCUT2D eigenvalue weighted by Gasteiger charge is 2.19. The number of hydrogen-bond donors (Lipinski definition) is 0. The predicted molar refractivity (Wildman–Crippen MR) is 76.4 cm³/mol. The fraction of sp³-hybridized carbons (Fsp3) is 0.0769. The van der Waals surface area contributed by atoms with Crippen LogP contribution in [0.3, 0.4) is 0 Å². The van der Waals surface area contributed by atoms with Gasteiger partial charge in [0.25, 0.3) is 0 Å². The molecule has 1 aromatic heterocycles. The standard InChI is InChI=1S/C13H7Cl2N3O3/c14-9-4-12(18(19)20)13(5-10(9)15)21-7-8-2-1-3-17-11(8)6-16/h1-5H,7H2. The normalized spacial score (nSPS) is 9.95. The van der Waals surface area contributed by atoms with E-state index in [2.05, 4.69) is 4.98 Å². The van der Waals surface area contributed by atoms with Crippen molar-refractivity contribution >= 4 is 28.9 Å². The molecule has 0 spiro atoms. The number of benzene rings is 1. The Morgan fingerprint density at radius 1 is 1.38 bits per heavy atom. The number of nitro groups is 1. The maximum atomic E-state index is 11.0. The highest BCUT2D eigenvalue weighted by Crippen LogP contribution is 2.36. The van der Waals surface area contributed by atoms with Crippen molar-refractivity contribution in [1.29, 1.82) is 5.26 Å². The summed E-state index contributed by atoms with van der Waals surface area (Å²) in [5.74, 6) is -0.0258. The third-order valence-electron chi connectivity index (χ3n) is 2.58. The fourth-order valence-corrected chi connectivity index (χ4v) is 1.90. The van der Waals surface area contributed by atoms with Crippen LogP contribution in [0.1, 0.15) is 11.3 Å². The molecule has 0 aliphatic rings. The van der Waals surface area contributed by atoms with Crippen LogP contribution in [0.25, 0.3) is 0 Å². The molecule has 0 fully saturated rings. The second-order valence-corrected chi connectivity index (χ2v) is 4.72. The zero-order chi connectivity index (χ0) is 15.4. The molecule has 1 aromatic carbocycles. The van der Waals surface area contributed by atoms with E-state index < -0.39 is 4.92 Å². The molecule has 0 amide bonds. The maximum Gasteiger partial charge on any atom is 0.312 e. The van der Waals surface area contributed by atoms with Gasteiger partial charge in [-0.2, -0.15) is 5.26 Å². The van der Waals surface area contributed by atoms with E-state index in [1.807, 2.05) is 6.07 Å². The van der Waals surface area contributed by atoms with E-state index in [0.717, 1.165) is 6.07 Å². The van der Waals surface area contributed by atoms with Gasteiger partial charge in [-0.15, -0.1) is 0 Å². The second-order valence-electron chi connectivity index (χ2n) is 3.90. The lowest BCUT2D eigenvalue weighted by molar-refractivity contribution is -0.385. The number of nitrogens with zero attached hydrogens (tertiary/aromatic N) is 3. The molecule has 2 rings (SSSR count). The maximum absolute atomic E-state index is 11.0. The minimum Gasteiger partial charge on any atom is -0.482 e. The SMILES string of the molecule is N#Cc1ncccc1COc1cc(Cl)c(Cl)cc1[N+](=O)[O-]. The van der Waals surface area contributed by atoms with E-state index in [-0.39, 0.29) is 33.8 Å². The third-order valence-corrected chi connectivity index (χ3v) is 3.30. The summed E-state index contributed by atoms with van der Waals surface area (Å²) in [5, 5.41) is 20.1. The van der Waals surface area contributed by atoms with Gasteiger partial charge in [0.05, 0.1) is 15.0 Å². The predicted octanol–water partition coefficient (Wildman–Crippen LogP) is 3.75. The Morgan fingerprint density at radius 2 is 2.10 bits per heavy atom. The Morgan fingerprint density at radius 3 is 2.76 bits per heavy atom. The summed E-state index contributed by atoms with van der Waals surface area (Å²) >= 11 is 11.6. The first-order chi connectivity index (χ1) is 10.0. The molecule has 0 aliphatic heterocycles. The van der Waals surface area contributed by atoms with E-state index in [1.165, 1.54) is 12.3 Å². The van der Waals surface area contributed by atoms with E-state index in [1.54, 1.807) is 12.1 Å². The van der Waals surface area contributed by atoms with Gasteiger partial charge in [-0.1, -0.05) is 29.3 Å². The Hall–Kier alpha value is -2.36. The van der Waals surface area contributed by atoms with Gasteiger partial charge in [0.1, 0.15) is 18.4 Å². The summed E-state index contributed by atoms with van der Waals surface area (Å²) in [7, 11) is 0. The number of ether oxygens (including phenoxy) is 1. The lowest BCUT2D eigenvalue weighted by Gasteiger charge is -2.08. The first-order valence-electron chi connectivity index (χ1n) is 5.63. The van der Waals surface area contributed by atoms with Crippen LogP contribution >= 0.6 is 23.2 Å². The van der Waals surface area contributed by atoms with E-state index >= 15 is 0 Å². The largest absolute Gasteiger partial charge is 0.482 e. The molecular formula is C13H7Cl2N3O3. The van der Waals surface area contributed by atoms with Crippen molar-refractivity contribution in [2.45, 2.75) is 6.61 Å². The first-order valence-corrected chi connectivity index (χ1v) is 6.38. The molecule has 0 radical (unpaired) electrons. The smallest absolute Gasteiger partial charge is 0.312 e. The zero-order valence-electron chi connectivity index (χ0n) is 10.4. The minimum absolute atomic E-state index is 0.0258. The van der Waals surface area contributed by atoms with Gasteiger partial charge in [0.2, 0.25) is 0 Å². The monoisotopic (exact) mass is 323 g/mol. The molecule has 0 N–H and O–H groups in total. The topological polar surface area (TPSA) is 89.0 Å². The van der Waals surface area contributed by atoms with Crippen molar-refractivity contribution in [3.8, 4) is 11.8 Å². The van der Waals surface area contributed by atoms with Crippen molar-refractivity contribution in [2.75, 3.05) is 0 Å². The summed E-state index contributed by atoms with van der Waals surface area (Å²) in [6.07, 6.45) is 1.48. The van der Waals surface area contributed by atoms with Crippen LogP contribution in [0.4, 0.5) is 5.69 Å². The molecule has 106 valence electrons. The molecule has 0 saturated heterocycles. The van der Waals surface area contributed by atoms with Crippen LogP contribution in [0.15, 0.2) is 30.5 Å². The summed E-state index contributed by atoms with van der Waals surface area (Å²) in [5.41, 5.74) is 0.410. The Kier molecular flexibility index (Phi) is 4.58. The lowest BCUT2D eigenvalue weighted by atomic mass is 10.2. The number of halogens is 2. The molecule has 8 heteroatoms. The average molecular weight is 324 g/mol. The molecule has 0 bridgehead atoms. The van der Waals surface area contributed by atoms with Crippen molar-refractivity contribution < 1.29 is 9.66 Å². The third kappa shape index (κ3) is 3.40. The summed E-state index contributed by atoms with van der Waals surface area (Å²) in [4.78, 5) is 14.2. The van der Waals surface area contributed by atoms with Gasteiger partial charge in [-0.3, -0.25) is 10.1 Å². The molecule has 1 heterocycles. The quantitative estimate of drug-likeness (QED) is 0.631. The second kappa shape index (κ2) is 6.39. The first kappa shape index (κ1) is 15.0. The van der Waals surface area contributed by atoms with Crippen molar-refractivity contribution in [1.82, 2.24) is 4.98 Å². The summed E-state index contributed by atoms with van der Waals surface area (Å²) in [6.45, 7) is -0.0461. The summed E-state index contributed by atoms with van der Waals surface area (Å²) in [6, 6.07) is 7.59. The van der Waals surface area contributed by atoms with Crippen LogP contribution in [0, 0.1) is 21.4 Å². The minimum atomic E-state index is -0.619. The van der Waals surface area contributed by atoms with Crippen LogP contribution in [0.5, 0.6) is 5.75 Å². The Bertz CT molecular complexity index is 744. The molecular weight excluding hydrogens is 317 g/mol. The molecule has 0 saturated carbocycles. The van der Waals surface area contributed by atoms with Gasteiger partial charge < -0.3 is 4.74 Å². The van der Waals surface area contributed by atoms with Gasteiger partial charge in [-0.05, 0) is 6.07 Å². The highest BCUT2D eigenvalue weighted by molar-refractivity contribution is 6.42. The van der Waals surface area contributed by atoms with Crippen LogP contribution in [0.2, 0.25) is 10.0 Å². The zero-order valence-corrected chi connectivity index (χ0v) is 11.9. The Labute approximate surface area is 129 Å². The highest BCUT2D eigenvalue weighted by atomic mass is 35.5. The van der Waals surface area contributed by atoms with E-state index in [4.69, 9.17) is 33.2 Å². The number of hydrogen-bond acceptors (Lipinski definition) is 5. The molecule has 6 nitrogen and oxygen atoms in total. The van der Waals surface area contributed by atoms with E-state index in [0.29, 0.717) is 5.56 Å². The van der Waals surface area contributed by atoms with Gasteiger partial charge >= 0.3 is 5.69 Å². The number of rotatable bonds is 4. The molecule has 0 aliphatic carbocycles. The molecule has 2 aromatic rings. The number of aromatic nitrogens is 1. The van der Waals surface area contributed by atoms with E-state index in [9.17, 15) is 10.1 Å². The van der Waals surface area contributed by atoms with Gasteiger partial charge in [-0.25, -0.2) is 4.98 Å². The van der Waals surface area contributed by atoms with Gasteiger partial charge in [0.15, 0.2) is 5.75 Å². The number of pyridine rings is 1. The van der Waals surface area contributed by atoms with Crippen molar-refractivity contribution in [3.05, 3.63) is 61.9 Å². The lowest BCUT2D eigenvalue weighted by Crippen LogP contribution is -2.02. The van der Waals surface area contributed by atoms with Gasteiger partial charge in [0, 0.05) is 23.9 Å². The van der Waals surface area contributed by atoms with Crippen LogP contribution < -0.4 is 4.74 Å². The number of nitriles is 1. The average Bonchev–Trinajstić information content (AvgIpc) is 2.48. The molecule has 0 unspecified atom stereocenters. The Balaban J connectivity index is 2.30. The molecule has 0 atom stereocenters. The van der Waals surface area contributed by atoms with Crippen molar-refractivity contribution in [2.24, 2.45) is 0 Å². The molecule has 21 heavy (non-hydrogen) atoms. The van der Waals surface area contributed by atoms with Crippen LogP contribution in [-0.2, 0) is 6.61 Å². The summed E-state index contributed by atoms with van der Waals surface area (Å²) < 4.78 is 5.39. The van der Waals surface area contributed by atoms with Crippen LogP contribution in [-0.4, -0.2) is 9.91 Å². The van der Waals surface area contributed by atoms with Crippen molar-refractivity contribution in [3.63, 3.8) is 0 Å². The number of nitro benzene ring substituents is 1. The fourth-order valence-electron chi connectivity index (χ4n) is 1.59.